The third-order valence-corrected chi connectivity index (χ3v) is 4.10. The fourth-order valence-electron chi connectivity index (χ4n) is 2.30. The van der Waals surface area contributed by atoms with E-state index in [0.717, 1.165) is 42.9 Å². The van der Waals surface area contributed by atoms with Crippen LogP contribution < -0.4 is 10.6 Å². The van der Waals surface area contributed by atoms with Gasteiger partial charge in [-0.05, 0) is 31.7 Å². The van der Waals surface area contributed by atoms with Crippen LogP contribution in [0.1, 0.15) is 44.9 Å². The van der Waals surface area contributed by atoms with Crippen LogP contribution >= 0.6 is 11.5 Å². The predicted octanol–water partition coefficient (Wildman–Crippen LogP) is 2.23. The first kappa shape index (κ1) is 12.8. The lowest BCUT2D eigenvalue weighted by atomic mass is 9.95. The normalized spacial score (nSPS) is 21.2. The maximum absolute atomic E-state index is 5.64. The molecule has 1 aliphatic rings. The van der Waals surface area contributed by atoms with E-state index < -0.39 is 0 Å². The highest BCUT2D eigenvalue weighted by Gasteiger charge is 2.22. The molecule has 1 fully saturated rings. The van der Waals surface area contributed by atoms with Gasteiger partial charge in [0.2, 0.25) is 5.13 Å². The van der Waals surface area contributed by atoms with Gasteiger partial charge >= 0.3 is 0 Å². The zero-order valence-corrected chi connectivity index (χ0v) is 11.5. The number of rotatable bonds is 4. The van der Waals surface area contributed by atoms with Gasteiger partial charge in [-0.15, -0.1) is 0 Å². The van der Waals surface area contributed by atoms with Gasteiger partial charge in [0.15, 0.2) is 0 Å². The molecule has 2 N–H and O–H groups in total. The molecular weight excluding hydrogens is 232 g/mol. The summed E-state index contributed by atoms with van der Waals surface area (Å²) in [7, 11) is 0. The molecule has 2 rings (SSSR count). The van der Waals surface area contributed by atoms with Crippen molar-refractivity contribution < 1.29 is 0 Å². The van der Waals surface area contributed by atoms with E-state index in [-0.39, 0.29) is 0 Å². The van der Waals surface area contributed by atoms with E-state index in [1.807, 2.05) is 0 Å². The minimum atomic E-state index is 0.421. The zero-order valence-electron chi connectivity index (χ0n) is 10.7. The first-order chi connectivity index (χ1) is 8.20. The van der Waals surface area contributed by atoms with Gasteiger partial charge in [-0.2, -0.15) is 4.37 Å². The summed E-state index contributed by atoms with van der Waals surface area (Å²) in [5, 5.41) is 1.09. The molecule has 1 unspecified atom stereocenters. The van der Waals surface area contributed by atoms with Crippen molar-refractivity contribution in [2.45, 2.75) is 39.0 Å². The number of hydrogen-bond acceptors (Lipinski definition) is 5. The molecule has 0 saturated carbocycles. The molecule has 0 bridgehead atoms. The summed E-state index contributed by atoms with van der Waals surface area (Å²) in [5.41, 5.74) is 5.64. The molecule has 0 aromatic carbocycles. The standard InChI is InChI=1S/C12H22N4S/c1-9(2)11-14-12(17-15-11)16-7-3-4-10(8-16)5-6-13/h9-10H,3-8,13H2,1-2H3. The summed E-state index contributed by atoms with van der Waals surface area (Å²) in [6.07, 6.45) is 3.69. The predicted molar refractivity (Wildman–Crippen MR) is 72.6 cm³/mol. The summed E-state index contributed by atoms with van der Waals surface area (Å²) in [4.78, 5) is 7.01. The molecule has 1 aromatic heterocycles. The molecule has 1 saturated heterocycles. The molecule has 1 aromatic rings. The zero-order chi connectivity index (χ0) is 12.3. The van der Waals surface area contributed by atoms with E-state index in [1.54, 1.807) is 0 Å². The van der Waals surface area contributed by atoms with Crippen molar-refractivity contribution in [3.8, 4) is 0 Å². The van der Waals surface area contributed by atoms with E-state index in [4.69, 9.17) is 5.73 Å². The highest BCUT2D eigenvalue weighted by molar-refractivity contribution is 7.09. The summed E-state index contributed by atoms with van der Waals surface area (Å²) in [5.74, 6) is 2.13. The molecule has 1 aliphatic heterocycles. The van der Waals surface area contributed by atoms with Gasteiger partial charge in [-0.1, -0.05) is 13.8 Å². The quantitative estimate of drug-likeness (QED) is 0.895. The highest BCUT2D eigenvalue weighted by Crippen LogP contribution is 2.27. The molecule has 17 heavy (non-hydrogen) atoms. The van der Waals surface area contributed by atoms with Crippen LogP contribution in [0.5, 0.6) is 0 Å². The molecular formula is C12H22N4S. The van der Waals surface area contributed by atoms with E-state index in [2.05, 4.69) is 28.1 Å². The summed E-state index contributed by atoms with van der Waals surface area (Å²) >= 11 is 1.54. The van der Waals surface area contributed by atoms with Crippen LogP contribution in [-0.4, -0.2) is 29.0 Å². The molecule has 0 spiro atoms. The van der Waals surface area contributed by atoms with E-state index in [9.17, 15) is 0 Å². The number of nitrogens with two attached hydrogens (primary N) is 1. The Bertz CT molecular complexity index is 348. The van der Waals surface area contributed by atoms with Crippen LogP contribution in [0.15, 0.2) is 0 Å². The number of nitrogens with zero attached hydrogens (tertiary/aromatic N) is 3. The van der Waals surface area contributed by atoms with Crippen molar-refractivity contribution in [1.29, 1.82) is 0 Å². The molecule has 0 radical (unpaired) electrons. The SMILES string of the molecule is CC(C)c1nsc(N2CCCC(CCN)C2)n1. The molecule has 1 atom stereocenters. The van der Waals surface area contributed by atoms with Gasteiger partial charge in [0.1, 0.15) is 5.82 Å². The lowest BCUT2D eigenvalue weighted by Gasteiger charge is -2.32. The van der Waals surface area contributed by atoms with Gasteiger partial charge < -0.3 is 10.6 Å². The lowest BCUT2D eigenvalue weighted by Crippen LogP contribution is -2.36. The van der Waals surface area contributed by atoms with Gasteiger partial charge in [-0.3, -0.25) is 0 Å². The molecule has 96 valence electrons. The Morgan fingerprint density at radius 2 is 2.35 bits per heavy atom. The second-order valence-electron chi connectivity index (χ2n) is 5.12. The number of aromatic nitrogens is 2. The van der Waals surface area contributed by atoms with Crippen molar-refractivity contribution in [2.75, 3.05) is 24.5 Å². The Kier molecular flexibility index (Phi) is 4.34. The van der Waals surface area contributed by atoms with E-state index in [0.29, 0.717) is 5.92 Å². The van der Waals surface area contributed by atoms with Crippen molar-refractivity contribution in [1.82, 2.24) is 9.36 Å². The fraction of sp³-hybridized carbons (Fsp3) is 0.833. The summed E-state index contributed by atoms with van der Waals surface area (Å²) in [6.45, 7) is 7.29. The van der Waals surface area contributed by atoms with Crippen molar-refractivity contribution in [3.63, 3.8) is 0 Å². The summed E-state index contributed by atoms with van der Waals surface area (Å²) < 4.78 is 4.43. The average molecular weight is 254 g/mol. The van der Waals surface area contributed by atoms with Crippen molar-refractivity contribution in [2.24, 2.45) is 11.7 Å². The van der Waals surface area contributed by atoms with Crippen LogP contribution in [-0.2, 0) is 0 Å². The maximum Gasteiger partial charge on any atom is 0.205 e. The van der Waals surface area contributed by atoms with Gasteiger partial charge in [0, 0.05) is 30.5 Å². The van der Waals surface area contributed by atoms with E-state index >= 15 is 0 Å². The smallest absolute Gasteiger partial charge is 0.205 e. The second kappa shape index (κ2) is 5.78. The molecule has 2 heterocycles. The van der Waals surface area contributed by atoms with Gasteiger partial charge in [0.25, 0.3) is 0 Å². The van der Waals surface area contributed by atoms with Crippen molar-refractivity contribution in [3.05, 3.63) is 5.82 Å². The Morgan fingerprint density at radius 3 is 3.00 bits per heavy atom. The monoisotopic (exact) mass is 254 g/mol. The van der Waals surface area contributed by atoms with Crippen LogP contribution in [0.3, 0.4) is 0 Å². The highest BCUT2D eigenvalue weighted by atomic mass is 32.1. The molecule has 0 aliphatic carbocycles. The Labute approximate surface area is 107 Å². The topological polar surface area (TPSA) is 55.0 Å². The number of hydrogen-bond donors (Lipinski definition) is 1. The third-order valence-electron chi connectivity index (χ3n) is 3.31. The van der Waals surface area contributed by atoms with E-state index in [1.165, 1.54) is 24.4 Å². The largest absolute Gasteiger partial charge is 0.347 e. The Morgan fingerprint density at radius 1 is 1.53 bits per heavy atom. The molecule has 4 nitrogen and oxygen atoms in total. The second-order valence-corrected chi connectivity index (χ2v) is 5.85. The average Bonchev–Trinajstić information content (AvgIpc) is 2.79. The lowest BCUT2D eigenvalue weighted by molar-refractivity contribution is 0.395. The number of anilines is 1. The molecule has 0 amide bonds. The van der Waals surface area contributed by atoms with Gasteiger partial charge in [0.05, 0.1) is 0 Å². The van der Waals surface area contributed by atoms with Gasteiger partial charge in [-0.25, -0.2) is 4.98 Å². The minimum Gasteiger partial charge on any atom is -0.347 e. The number of piperidine rings is 1. The Balaban J connectivity index is 2.00. The first-order valence-electron chi connectivity index (χ1n) is 6.49. The third kappa shape index (κ3) is 3.16. The first-order valence-corrected chi connectivity index (χ1v) is 7.26. The van der Waals surface area contributed by atoms with Crippen LogP contribution in [0.2, 0.25) is 0 Å². The van der Waals surface area contributed by atoms with Crippen LogP contribution in [0.25, 0.3) is 0 Å². The molecule has 5 heteroatoms. The van der Waals surface area contributed by atoms with Crippen molar-refractivity contribution >= 4 is 16.7 Å². The Hall–Kier alpha value is -0.680. The van der Waals surface area contributed by atoms with Crippen LogP contribution in [0, 0.1) is 5.92 Å². The fourth-order valence-corrected chi connectivity index (χ4v) is 3.14. The summed E-state index contributed by atoms with van der Waals surface area (Å²) in [6, 6.07) is 0. The van der Waals surface area contributed by atoms with Crippen LogP contribution in [0.4, 0.5) is 5.13 Å². The minimum absolute atomic E-state index is 0.421. The maximum atomic E-state index is 5.64.